The predicted molar refractivity (Wildman–Crippen MR) is 133 cm³/mol. The summed E-state index contributed by atoms with van der Waals surface area (Å²) in [7, 11) is -6.12. The van der Waals surface area contributed by atoms with Gasteiger partial charge in [-0.05, 0) is 48.5 Å². The Bertz CT molecular complexity index is 1360. The molecule has 174 valence electrons. The fraction of sp³-hybridized carbons (Fsp3) is 0.136. The first-order valence-electron chi connectivity index (χ1n) is 9.65. The smallest absolute Gasteiger partial charge is 0.264 e. The van der Waals surface area contributed by atoms with Gasteiger partial charge in [-0.2, -0.15) is 0 Å². The number of carbonyl (C=O) groups excluding carboxylic acids is 1. The molecule has 0 aliphatic carbocycles. The summed E-state index contributed by atoms with van der Waals surface area (Å²) >= 11 is 3.34. The molecule has 0 unspecified atom stereocenters. The van der Waals surface area contributed by atoms with Crippen LogP contribution in [-0.4, -0.2) is 42.6 Å². The highest BCUT2D eigenvalue weighted by molar-refractivity contribution is 9.10. The van der Waals surface area contributed by atoms with E-state index < -0.39 is 32.5 Å². The molecule has 1 amide bonds. The Morgan fingerprint density at radius 2 is 1.52 bits per heavy atom. The Labute approximate surface area is 202 Å². The van der Waals surface area contributed by atoms with Crippen LogP contribution in [0.25, 0.3) is 0 Å². The minimum Gasteiger partial charge on any atom is -0.324 e. The van der Waals surface area contributed by atoms with Crippen molar-refractivity contribution in [1.82, 2.24) is 0 Å². The first-order valence-corrected chi connectivity index (χ1v) is 13.7. The summed E-state index contributed by atoms with van der Waals surface area (Å²) in [6.45, 7) is -0.486. The van der Waals surface area contributed by atoms with Crippen molar-refractivity contribution in [2.24, 2.45) is 0 Å². The largest absolute Gasteiger partial charge is 0.324 e. The molecular formula is C22H22BrN3O5S2. The Balaban J connectivity index is 1.91. The predicted octanol–water partition coefficient (Wildman–Crippen LogP) is 3.68. The molecule has 8 nitrogen and oxygen atoms in total. The zero-order valence-corrected chi connectivity index (χ0v) is 21.1. The van der Waals surface area contributed by atoms with Crippen LogP contribution in [0.5, 0.6) is 0 Å². The number of amides is 1. The van der Waals surface area contributed by atoms with Gasteiger partial charge in [0.2, 0.25) is 15.9 Å². The number of nitrogens with one attached hydrogen (secondary N) is 1. The third-order valence-electron chi connectivity index (χ3n) is 4.71. The second kappa shape index (κ2) is 9.94. The van der Waals surface area contributed by atoms with Gasteiger partial charge in [-0.1, -0.05) is 46.3 Å². The van der Waals surface area contributed by atoms with Crippen molar-refractivity contribution in [3.8, 4) is 0 Å². The Morgan fingerprint density at radius 3 is 2.15 bits per heavy atom. The summed E-state index contributed by atoms with van der Waals surface area (Å²) in [6, 6.07) is 20.7. The average molecular weight is 552 g/mol. The fourth-order valence-electron chi connectivity index (χ4n) is 2.97. The van der Waals surface area contributed by atoms with Gasteiger partial charge in [0.25, 0.3) is 10.0 Å². The Morgan fingerprint density at radius 1 is 0.879 bits per heavy atom. The summed E-state index contributed by atoms with van der Waals surface area (Å²) < 4.78 is 53.0. The molecule has 0 heterocycles. The van der Waals surface area contributed by atoms with Crippen molar-refractivity contribution < 1.29 is 21.6 Å². The number of benzene rings is 3. The normalized spacial score (nSPS) is 11.6. The molecule has 3 aromatic rings. The summed E-state index contributed by atoms with van der Waals surface area (Å²) in [5.74, 6) is -0.589. The number of sulfonamides is 2. The van der Waals surface area contributed by atoms with E-state index in [0.29, 0.717) is 21.5 Å². The van der Waals surface area contributed by atoms with Crippen LogP contribution in [-0.2, 0) is 24.8 Å². The van der Waals surface area contributed by atoms with Gasteiger partial charge in [0.1, 0.15) is 6.54 Å². The van der Waals surface area contributed by atoms with E-state index in [2.05, 4.69) is 21.2 Å². The lowest BCUT2D eigenvalue weighted by atomic mass is 10.2. The molecule has 33 heavy (non-hydrogen) atoms. The molecule has 11 heteroatoms. The van der Waals surface area contributed by atoms with Crippen molar-refractivity contribution in [2.45, 2.75) is 4.90 Å². The number of nitrogens with zero attached hydrogens (tertiary/aromatic N) is 2. The first kappa shape index (κ1) is 24.7. The minimum absolute atomic E-state index is 0.0505. The van der Waals surface area contributed by atoms with E-state index in [4.69, 9.17) is 0 Å². The van der Waals surface area contributed by atoms with E-state index in [9.17, 15) is 21.6 Å². The van der Waals surface area contributed by atoms with Gasteiger partial charge < -0.3 is 5.32 Å². The van der Waals surface area contributed by atoms with Crippen LogP contribution in [0.4, 0.5) is 17.1 Å². The van der Waals surface area contributed by atoms with Crippen LogP contribution in [0.2, 0.25) is 0 Å². The standard InChI is InChI=1S/C22H22BrN3O5S2/c1-25(32(2,28)29)19-10-7-9-18(15-19)24-22(27)16-26(20-11-6-8-17(23)14-20)33(30,31)21-12-4-3-5-13-21/h3-15H,16H2,1-2H3,(H,24,27). The van der Waals surface area contributed by atoms with Gasteiger partial charge in [0, 0.05) is 17.2 Å². The highest BCUT2D eigenvalue weighted by Crippen LogP contribution is 2.27. The lowest BCUT2D eigenvalue weighted by molar-refractivity contribution is -0.114. The number of rotatable bonds is 8. The van der Waals surface area contributed by atoms with Gasteiger partial charge in [0.15, 0.2) is 0 Å². The molecule has 0 atom stereocenters. The zero-order chi connectivity index (χ0) is 24.2. The van der Waals surface area contributed by atoms with E-state index >= 15 is 0 Å². The molecule has 0 aliphatic heterocycles. The summed E-state index contributed by atoms with van der Waals surface area (Å²) in [5, 5.41) is 2.65. The maximum absolute atomic E-state index is 13.3. The molecular weight excluding hydrogens is 530 g/mol. The molecule has 0 aromatic heterocycles. The molecule has 0 spiro atoms. The molecule has 0 radical (unpaired) electrons. The zero-order valence-electron chi connectivity index (χ0n) is 17.8. The Hall–Kier alpha value is -2.89. The number of anilines is 3. The van der Waals surface area contributed by atoms with E-state index in [1.807, 2.05) is 0 Å². The number of halogens is 1. The maximum atomic E-state index is 13.3. The molecule has 0 saturated carbocycles. The monoisotopic (exact) mass is 551 g/mol. The molecule has 0 aliphatic rings. The number of carbonyl (C=O) groups is 1. The van der Waals surface area contributed by atoms with Gasteiger partial charge >= 0.3 is 0 Å². The van der Waals surface area contributed by atoms with Crippen LogP contribution in [0.3, 0.4) is 0 Å². The van der Waals surface area contributed by atoms with Crippen molar-refractivity contribution >= 4 is 58.9 Å². The van der Waals surface area contributed by atoms with E-state index in [1.165, 1.54) is 25.2 Å². The van der Waals surface area contributed by atoms with Crippen LogP contribution in [0.1, 0.15) is 0 Å². The third kappa shape index (κ3) is 6.12. The summed E-state index contributed by atoms with van der Waals surface area (Å²) in [4.78, 5) is 12.9. The molecule has 3 aromatic carbocycles. The maximum Gasteiger partial charge on any atom is 0.264 e. The minimum atomic E-state index is -4.04. The lowest BCUT2D eigenvalue weighted by Gasteiger charge is -2.24. The quantitative estimate of drug-likeness (QED) is 0.459. The first-order chi connectivity index (χ1) is 15.5. The number of hydrogen-bond donors (Lipinski definition) is 1. The highest BCUT2D eigenvalue weighted by atomic mass is 79.9. The van der Waals surface area contributed by atoms with Crippen molar-refractivity contribution in [3.05, 3.63) is 83.3 Å². The second-order valence-corrected chi connectivity index (χ2v) is 11.9. The van der Waals surface area contributed by atoms with Gasteiger partial charge in [-0.15, -0.1) is 0 Å². The average Bonchev–Trinajstić information content (AvgIpc) is 2.77. The SMILES string of the molecule is CN(c1cccc(NC(=O)CN(c2cccc(Br)c2)S(=O)(=O)c2ccccc2)c1)S(C)(=O)=O. The van der Waals surface area contributed by atoms with Gasteiger partial charge in [-0.3, -0.25) is 13.4 Å². The lowest BCUT2D eigenvalue weighted by Crippen LogP contribution is -2.38. The van der Waals surface area contributed by atoms with E-state index in [-0.39, 0.29) is 4.90 Å². The van der Waals surface area contributed by atoms with Crippen molar-refractivity contribution in [2.75, 3.05) is 33.8 Å². The topological polar surface area (TPSA) is 104 Å². The van der Waals surface area contributed by atoms with Crippen LogP contribution < -0.4 is 13.9 Å². The molecule has 3 rings (SSSR count). The van der Waals surface area contributed by atoms with Crippen LogP contribution >= 0.6 is 15.9 Å². The van der Waals surface area contributed by atoms with Gasteiger partial charge in [-0.25, -0.2) is 16.8 Å². The highest BCUT2D eigenvalue weighted by Gasteiger charge is 2.27. The van der Waals surface area contributed by atoms with Crippen LogP contribution in [0, 0.1) is 0 Å². The summed E-state index contributed by atoms with van der Waals surface area (Å²) in [6.07, 6.45) is 1.07. The van der Waals surface area contributed by atoms with Crippen molar-refractivity contribution in [3.63, 3.8) is 0 Å². The second-order valence-electron chi connectivity index (χ2n) is 7.13. The van der Waals surface area contributed by atoms with Gasteiger partial charge in [0.05, 0.1) is 22.5 Å². The van der Waals surface area contributed by atoms with E-state index in [1.54, 1.807) is 60.7 Å². The Kier molecular flexibility index (Phi) is 7.45. The van der Waals surface area contributed by atoms with E-state index in [0.717, 1.165) is 14.9 Å². The van der Waals surface area contributed by atoms with Crippen molar-refractivity contribution in [1.29, 1.82) is 0 Å². The number of hydrogen-bond acceptors (Lipinski definition) is 5. The molecule has 1 N–H and O–H groups in total. The fourth-order valence-corrected chi connectivity index (χ4v) is 5.29. The molecule has 0 saturated heterocycles. The molecule has 0 fully saturated rings. The third-order valence-corrected chi connectivity index (χ3v) is 8.19. The van der Waals surface area contributed by atoms with Crippen LogP contribution in [0.15, 0.2) is 88.2 Å². The summed E-state index contributed by atoms with van der Waals surface area (Å²) in [5.41, 5.74) is 1.00. The molecule has 0 bridgehead atoms.